The van der Waals surface area contributed by atoms with Crippen LogP contribution in [0.5, 0.6) is 0 Å². The standard InChI is InChI=1S/C9H11NO/c1-9(5-7-11-9)8-4-2-3-6-10-8/h2-4,6H,5,7H2,1H3. The van der Waals surface area contributed by atoms with E-state index < -0.39 is 0 Å². The molecule has 1 aliphatic heterocycles. The van der Waals surface area contributed by atoms with E-state index in [4.69, 9.17) is 4.74 Å². The zero-order valence-corrected chi connectivity index (χ0v) is 6.58. The van der Waals surface area contributed by atoms with E-state index in [0.29, 0.717) is 0 Å². The van der Waals surface area contributed by atoms with Gasteiger partial charge in [0, 0.05) is 12.6 Å². The molecule has 2 rings (SSSR count). The minimum Gasteiger partial charge on any atom is -0.369 e. The Morgan fingerprint density at radius 2 is 2.36 bits per heavy atom. The van der Waals surface area contributed by atoms with Gasteiger partial charge in [0.05, 0.1) is 12.3 Å². The smallest absolute Gasteiger partial charge is 0.109 e. The molecular formula is C9H11NO. The lowest BCUT2D eigenvalue weighted by Gasteiger charge is -2.37. The summed E-state index contributed by atoms with van der Waals surface area (Å²) < 4.78 is 5.44. The van der Waals surface area contributed by atoms with Gasteiger partial charge in [-0.05, 0) is 19.1 Å². The van der Waals surface area contributed by atoms with Crippen LogP contribution in [0.15, 0.2) is 24.4 Å². The first-order chi connectivity index (χ1) is 5.31. The molecule has 1 saturated heterocycles. The van der Waals surface area contributed by atoms with Crippen LogP contribution in [0.1, 0.15) is 19.0 Å². The number of rotatable bonds is 1. The van der Waals surface area contributed by atoms with Gasteiger partial charge in [0.1, 0.15) is 5.60 Å². The van der Waals surface area contributed by atoms with Crippen molar-refractivity contribution in [2.75, 3.05) is 6.61 Å². The molecular weight excluding hydrogens is 138 g/mol. The predicted molar refractivity (Wildman–Crippen MR) is 42.2 cm³/mol. The quantitative estimate of drug-likeness (QED) is 0.606. The maximum atomic E-state index is 5.44. The summed E-state index contributed by atoms with van der Waals surface area (Å²) in [5.74, 6) is 0. The van der Waals surface area contributed by atoms with Crippen LogP contribution in [0.2, 0.25) is 0 Å². The van der Waals surface area contributed by atoms with Crippen molar-refractivity contribution in [3.63, 3.8) is 0 Å². The lowest BCUT2D eigenvalue weighted by molar-refractivity contribution is -0.143. The van der Waals surface area contributed by atoms with Crippen molar-refractivity contribution in [2.24, 2.45) is 0 Å². The van der Waals surface area contributed by atoms with E-state index in [2.05, 4.69) is 11.9 Å². The first-order valence-electron chi connectivity index (χ1n) is 3.87. The molecule has 1 atom stereocenters. The second kappa shape index (κ2) is 2.31. The van der Waals surface area contributed by atoms with Crippen LogP contribution in [-0.2, 0) is 10.3 Å². The first kappa shape index (κ1) is 6.80. The molecule has 58 valence electrons. The topological polar surface area (TPSA) is 22.1 Å². The monoisotopic (exact) mass is 149 g/mol. The molecule has 1 aliphatic rings. The molecule has 0 aromatic carbocycles. The molecule has 0 saturated carbocycles. The summed E-state index contributed by atoms with van der Waals surface area (Å²) >= 11 is 0. The maximum Gasteiger partial charge on any atom is 0.109 e. The van der Waals surface area contributed by atoms with E-state index in [1.165, 1.54) is 0 Å². The molecule has 0 aliphatic carbocycles. The van der Waals surface area contributed by atoms with Crippen molar-refractivity contribution in [3.8, 4) is 0 Å². The van der Waals surface area contributed by atoms with Crippen molar-refractivity contribution in [1.29, 1.82) is 0 Å². The Kier molecular flexibility index (Phi) is 1.43. The zero-order chi connectivity index (χ0) is 7.73. The van der Waals surface area contributed by atoms with Gasteiger partial charge >= 0.3 is 0 Å². The Morgan fingerprint density at radius 3 is 2.82 bits per heavy atom. The Hall–Kier alpha value is -0.890. The highest BCUT2D eigenvalue weighted by molar-refractivity contribution is 5.14. The summed E-state index contributed by atoms with van der Waals surface area (Å²) in [5.41, 5.74) is 0.951. The number of hydrogen-bond donors (Lipinski definition) is 0. The second-order valence-corrected chi connectivity index (χ2v) is 3.04. The number of hydrogen-bond acceptors (Lipinski definition) is 2. The summed E-state index contributed by atoms with van der Waals surface area (Å²) in [6.45, 7) is 2.95. The Labute approximate surface area is 66.2 Å². The minimum absolute atomic E-state index is 0.0960. The molecule has 0 radical (unpaired) electrons. The lowest BCUT2D eigenvalue weighted by Crippen LogP contribution is -2.38. The fourth-order valence-corrected chi connectivity index (χ4v) is 1.29. The van der Waals surface area contributed by atoms with Crippen LogP contribution >= 0.6 is 0 Å². The van der Waals surface area contributed by atoms with Crippen LogP contribution in [0, 0.1) is 0 Å². The van der Waals surface area contributed by atoms with Gasteiger partial charge in [-0.3, -0.25) is 4.98 Å². The molecule has 2 heteroatoms. The normalized spacial score (nSPS) is 29.5. The third-order valence-electron chi connectivity index (χ3n) is 2.21. The molecule has 0 N–H and O–H groups in total. The van der Waals surface area contributed by atoms with Gasteiger partial charge in [-0.25, -0.2) is 0 Å². The fraction of sp³-hybridized carbons (Fsp3) is 0.444. The van der Waals surface area contributed by atoms with Crippen molar-refractivity contribution < 1.29 is 4.74 Å². The third kappa shape index (κ3) is 1.03. The molecule has 1 aromatic rings. The number of ether oxygens (including phenoxy) is 1. The molecule has 0 amide bonds. The van der Waals surface area contributed by atoms with Crippen molar-refractivity contribution in [2.45, 2.75) is 18.9 Å². The fourth-order valence-electron chi connectivity index (χ4n) is 1.29. The SMILES string of the molecule is CC1(c2ccccn2)CCO1. The Bertz CT molecular complexity index is 241. The summed E-state index contributed by atoms with van der Waals surface area (Å²) in [6, 6.07) is 5.93. The van der Waals surface area contributed by atoms with E-state index in [1.54, 1.807) is 0 Å². The van der Waals surface area contributed by atoms with Crippen molar-refractivity contribution in [3.05, 3.63) is 30.1 Å². The predicted octanol–water partition coefficient (Wildman–Crippen LogP) is 1.72. The van der Waals surface area contributed by atoms with Gasteiger partial charge in [0.15, 0.2) is 0 Å². The molecule has 1 unspecified atom stereocenters. The first-order valence-corrected chi connectivity index (χ1v) is 3.87. The largest absolute Gasteiger partial charge is 0.369 e. The summed E-state index contributed by atoms with van der Waals surface area (Å²) in [7, 11) is 0. The van der Waals surface area contributed by atoms with Gasteiger partial charge < -0.3 is 4.74 Å². The van der Waals surface area contributed by atoms with Crippen LogP contribution < -0.4 is 0 Å². The Balaban J connectivity index is 2.29. The minimum atomic E-state index is -0.0960. The molecule has 0 spiro atoms. The number of pyridine rings is 1. The van der Waals surface area contributed by atoms with E-state index in [9.17, 15) is 0 Å². The Morgan fingerprint density at radius 1 is 1.55 bits per heavy atom. The summed E-state index contributed by atoms with van der Waals surface area (Å²) in [6.07, 6.45) is 2.90. The summed E-state index contributed by atoms with van der Waals surface area (Å²) in [5, 5.41) is 0. The van der Waals surface area contributed by atoms with Gasteiger partial charge in [-0.15, -0.1) is 0 Å². The average molecular weight is 149 g/mol. The van der Waals surface area contributed by atoms with E-state index in [0.717, 1.165) is 18.7 Å². The van der Waals surface area contributed by atoms with Crippen molar-refractivity contribution >= 4 is 0 Å². The van der Waals surface area contributed by atoms with Gasteiger partial charge in [-0.1, -0.05) is 6.07 Å². The van der Waals surface area contributed by atoms with Crippen molar-refractivity contribution in [1.82, 2.24) is 4.98 Å². The molecule has 0 bridgehead atoms. The van der Waals surface area contributed by atoms with Crippen LogP contribution in [0.4, 0.5) is 0 Å². The maximum absolute atomic E-state index is 5.44. The third-order valence-corrected chi connectivity index (χ3v) is 2.21. The van der Waals surface area contributed by atoms with Gasteiger partial charge in [-0.2, -0.15) is 0 Å². The van der Waals surface area contributed by atoms with Gasteiger partial charge in [0.2, 0.25) is 0 Å². The van der Waals surface area contributed by atoms with Crippen LogP contribution in [0.25, 0.3) is 0 Å². The zero-order valence-electron chi connectivity index (χ0n) is 6.58. The summed E-state index contributed by atoms with van der Waals surface area (Å²) in [4.78, 5) is 4.25. The van der Waals surface area contributed by atoms with Crippen LogP contribution in [0.3, 0.4) is 0 Å². The molecule has 2 nitrogen and oxygen atoms in total. The highest BCUT2D eigenvalue weighted by atomic mass is 16.5. The average Bonchev–Trinajstić information content (AvgIpc) is 2.02. The van der Waals surface area contributed by atoms with E-state index in [-0.39, 0.29) is 5.60 Å². The number of aromatic nitrogens is 1. The molecule has 1 fully saturated rings. The second-order valence-electron chi connectivity index (χ2n) is 3.04. The van der Waals surface area contributed by atoms with E-state index >= 15 is 0 Å². The molecule has 11 heavy (non-hydrogen) atoms. The van der Waals surface area contributed by atoms with Crippen LogP contribution in [-0.4, -0.2) is 11.6 Å². The van der Waals surface area contributed by atoms with Gasteiger partial charge in [0.25, 0.3) is 0 Å². The highest BCUT2D eigenvalue weighted by Crippen LogP contribution is 2.34. The number of nitrogens with zero attached hydrogens (tertiary/aromatic N) is 1. The van der Waals surface area contributed by atoms with E-state index in [1.807, 2.05) is 24.4 Å². The molecule has 1 aromatic heterocycles. The highest BCUT2D eigenvalue weighted by Gasteiger charge is 2.35. The lowest BCUT2D eigenvalue weighted by atomic mass is 9.93. The molecule has 2 heterocycles.